The molecule has 0 saturated heterocycles. The minimum Gasteiger partial charge on any atom is -0.419 e. The van der Waals surface area contributed by atoms with E-state index in [9.17, 15) is 0 Å². The van der Waals surface area contributed by atoms with Crippen LogP contribution in [0.25, 0.3) is 16.5 Å². The third kappa shape index (κ3) is 3.74. The number of hydrogen-bond acceptors (Lipinski definition) is 7. The third-order valence-corrected chi connectivity index (χ3v) is 7.24. The van der Waals surface area contributed by atoms with Crippen molar-refractivity contribution in [1.82, 2.24) is 25.0 Å². The lowest BCUT2D eigenvalue weighted by molar-refractivity contribution is 0.529. The molecule has 0 bridgehead atoms. The molecule has 29 heavy (non-hydrogen) atoms. The van der Waals surface area contributed by atoms with Crippen LogP contribution in [0.1, 0.15) is 47.8 Å². The number of para-hydroxylation sites is 1. The smallest absolute Gasteiger partial charge is 0.257 e. The van der Waals surface area contributed by atoms with Gasteiger partial charge in [0.1, 0.15) is 5.82 Å². The first kappa shape index (κ1) is 18.6. The molecule has 6 nitrogen and oxygen atoms in total. The normalized spacial score (nSPS) is 13.9. The lowest BCUT2D eigenvalue weighted by atomic mass is 10.2. The molecule has 0 unspecified atom stereocenters. The molecule has 3 aromatic heterocycles. The van der Waals surface area contributed by atoms with Gasteiger partial charge in [-0.05, 0) is 49.9 Å². The monoisotopic (exact) mass is 423 g/mol. The van der Waals surface area contributed by atoms with Crippen LogP contribution in [0.5, 0.6) is 0 Å². The number of benzene rings is 1. The van der Waals surface area contributed by atoms with Gasteiger partial charge in [0.25, 0.3) is 5.89 Å². The van der Waals surface area contributed by atoms with Crippen molar-refractivity contribution in [1.29, 1.82) is 0 Å². The predicted molar refractivity (Wildman–Crippen MR) is 115 cm³/mol. The summed E-state index contributed by atoms with van der Waals surface area (Å²) in [5.41, 5.74) is 2.37. The molecule has 1 aromatic carbocycles. The fourth-order valence-corrected chi connectivity index (χ4v) is 5.15. The largest absolute Gasteiger partial charge is 0.419 e. The molecule has 1 aliphatic rings. The molecule has 0 radical (unpaired) electrons. The van der Waals surface area contributed by atoms with E-state index in [1.165, 1.54) is 23.3 Å². The first-order valence-corrected chi connectivity index (χ1v) is 11.6. The van der Waals surface area contributed by atoms with E-state index in [2.05, 4.69) is 57.0 Å². The van der Waals surface area contributed by atoms with Crippen LogP contribution in [-0.4, -0.2) is 25.0 Å². The molecule has 3 heterocycles. The van der Waals surface area contributed by atoms with Crippen molar-refractivity contribution >= 4 is 23.1 Å². The maximum atomic E-state index is 5.93. The van der Waals surface area contributed by atoms with Crippen LogP contribution in [0.3, 0.4) is 0 Å². The van der Waals surface area contributed by atoms with Crippen LogP contribution in [-0.2, 0) is 12.2 Å². The summed E-state index contributed by atoms with van der Waals surface area (Å²) >= 11 is 3.30. The molecule has 0 N–H and O–H groups in total. The summed E-state index contributed by atoms with van der Waals surface area (Å²) in [5.74, 6) is 3.32. The van der Waals surface area contributed by atoms with Gasteiger partial charge in [0, 0.05) is 16.5 Å². The predicted octanol–water partition coefficient (Wildman–Crippen LogP) is 5.42. The summed E-state index contributed by atoms with van der Waals surface area (Å²) in [5, 5.41) is 18.3. The van der Waals surface area contributed by atoms with Gasteiger partial charge < -0.3 is 4.42 Å². The molecule has 0 amide bonds. The molecular weight excluding hydrogens is 402 g/mol. The Balaban J connectivity index is 1.36. The van der Waals surface area contributed by atoms with Crippen molar-refractivity contribution in [2.75, 3.05) is 0 Å². The molecule has 1 aliphatic carbocycles. The number of aromatic nitrogens is 5. The first-order chi connectivity index (χ1) is 14.2. The first-order valence-electron chi connectivity index (χ1n) is 9.78. The Morgan fingerprint density at radius 1 is 1.14 bits per heavy atom. The van der Waals surface area contributed by atoms with E-state index >= 15 is 0 Å². The summed E-state index contributed by atoms with van der Waals surface area (Å²) in [4.78, 5) is 2.39. The molecule has 0 spiro atoms. The van der Waals surface area contributed by atoms with Crippen molar-refractivity contribution in [2.24, 2.45) is 0 Å². The average Bonchev–Trinajstić information content (AvgIpc) is 3.16. The van der Waals surface area contributed by atoms with E-state index < -0.39 is 0 Å². The highest BCUT2D eigenvalue weighted by Gasteiger charge is 2.31. The van der Waals surface area contributed by atoms with Crippen LogP contribution >= 0.6 is 23.1 Å². The lowest BCUT2D eigenvalue weighted by Crippen LogP contribution is -2.01. The Labute approximate surface area is 177 Å². The zero-order valence-electron chi connectivity index (χ0n) is 16.3. The summed E-state index contributed by atoms with van der Waals surface area (Å²) in [6.07, 6.45) is 3.39. The van der Waals surface area contributed by atoms with Gasteiger partial charge in [0.05, 0.1) is 10.6 Å². The molecule has 148 valence electrons. The van der Waals surface area contributed by atoms with Crippen LogP contribution in [0.4, 0.5) is 0 Å². The second-order valence-corrected chi connectivity index (χ2v) is 9.23. The minimum absolute atomic E-state index is 0.516. The Morgan fingerprint density at radius 2 is 1.97 bits per heavy atom. The Kier molecular flexibility index (Phi) is 4.97. The maximum absolute atomic E-state index is 5.93. The van der Waals surface area contributed by atoms with Crippen molar-refractivity contribution in [2.45, 2.75) is 49.9 Å². The Bertz CT molecular complexity index is 1130. The quantitative estimate of drug-likeness (QED) is 0.370. The van der Waals surface area contributed by atoms with E-state index in [1.54, 1.807) is 23.1 Å². The standard InChI is InChI=1S/C21H21N5OS2/c1-3-16-13(2)11-17(29-16)20-24-22-18(27-20)12-28-21-25-23-19(14-9-10-14)26(21)15-7-5-4-6-8-15/h4-8,11,14H,3,9-10,12H2,1-2H3. The molecule has 0 atom stereocenters. The summed E-state index contributed by atoms with van der Waals surface area (Å²) in [7, 11) is 0. The van der Waals surface area contributed by atoms with Crippen LogP contribution < -0.4 is 0 Å². The van der Waals surface area contributed by atoms with Gasteiger partial charge >= 0.3 is 0 Å². The van der Waals surface area contributed by atoms with Crippen LogP contribution in [0, 0.1) is 6.92 Å². The topological polar surface area (TPSA) is 69.6 Å². The van der Waals surface area contributed by atoms with E-state index in [1.807, 2.05) is 18.2 Å². The average molecular weight is 424 g/mol. The molecule has 1 fully saturated rings. The summed E-state index contributed by atoms with van der Waals surface area (Å²) < 4.78 is 8.09. The van der Waals surface area contributed by atoms with Gasteiger partial charge in [-0.1, -0.05) is 36.9 Å². The van der Waals surface area contributed by atoms with E-state index in [-0.39, 0.29) is 0 Å². The van der Waals surface area contributed by atoms with Crippen LogP contribution in [0.2, 0.25) is 0 Å². The minimum atomic E-state index is 0.516. The highest BCUT2D eigenvalue weighted by Crippen LogP contribution is 2.41. The Morgan fingerprint density at radius 3 is 2.69 bits per heavy atom. The van der Waals surface area contributed by atoms with Crippen LogP contribution in [0.15, 0.2) is 46.0 Å². The second kappa shape index (κ2) is 7.76. The molecule has 4 aromatic rings. The summed E-state index contributed by atoms with van der Waals surface area (Å²) in [6, 6.07) is 12.4. The molecule has 5 rings (SSSR count). The van der Waals surface area contributed by atoms with Crippen molar-refractivity contribution in [3.63, 3.8) is 0 Å². The number of thioether (sulfide) groups is 1. The van der Waals surface area contributed by atoms with Gasteiger partial charge in [-0.3, -0.25) is 4.57 Å². The van der Waals surface area contributed by atoms with Gasteiger partial charge in [-0.2, -0.15) is 0 Å². The van der Waals surface area contributed by atoms with Crippen molar-refractivity contribution < 1.29 is 4.42 Å². The van der Waals surface area contributed by atoms with Gasteiger partial charge in [-0.25, -0.2) is 0 Å². The van der Waals surface area contributed by atoms with E-state index in [0.717, 1.165) is 28.0 Å². The van der Waals surface area contributed by atoms with Gasteiger partial charge in [0.15, 0.2) is 5.16 Å². The number of aryl methyl sites for hydroxylation is 2. The van der Waals surface area contributed by atoms with Gasteiger partial charge in [-0.15, -0.1) is 31.7 Å². The number of thiophene rings is 1. The second-order valence-electron chi connectivity index (χ2n) is 7.15. The highest BCUT2D eigenvalue weighted by atomic mass is 32.2. The number of nitrogens with zero attached hydrogens (tertiary/aromatic N) is 5. The van der Waals surface area contributed by atoms with Crippen molar-refractivity contribution in [3.05, 3.63) is 58.6 Å². The fraction of sp³-hybridized carbons (Fsp3) is 0.333. The maximum Gasteiger partial charge on any atom is 0.257 e. The number of hydrogen-bond donors (Lipinski definition) is 0. The zero-order chi connectivity index (χ0) is 19.8. The van der Waals surface area contributed by atoms with Gasteiger partial charge in [0.2, 0.25) is 5.89 Å². The SMILES string of the molecule is CCc1sc(-c2nnc(CSc3nnc(C4CC4)n3-c3ccccc3)o2)cc1C. The highest BCUT2D eigenvalue weighted by molar-refractivity contribution is 7.98. The van der Waals surface area contributed by atoms with E-state index in [4.69, 9.17) is 4.42 Å². The van der Waals surface area contributed by atoms with E-state index in [0.29, 0.717) is 23.5 Å². The lowest BCUT2D eigenvalue weighted by Gasteiger charge is -2.08. The molecular formula is C21H21N5OS2. The molecule has 1 saturated carbocycles. The molecule has 8 heteroatoms. The Hall–Kier alpha value is -2.45. The summed E-state index contributed by atoms with van der Waals surface area (Å²) in [6.45, 7) is 4.29. The third-order valence-electron chi connectivity index (χ3n) is 4.96. The zero-order valence-corrected chi connectivity index (χ0v) is 18.0. The fourth-order valence-electron chi connectivity index (χ4n) is 3.31. The van der Waals surface area contributed by atoms with Crippen molar-refractivity contribution in [3.8, 4) is 16.5 Å². The molecule has 0 aliphatic heterocycles. The number of rotatable bonds is 7.